The van der Waals surface area contributed by atoms with Gasteiger partial charge < -0.3 is 0 Å². The molecule has 0 aliphatic rings. The maximum absolute atomic E-state index is 3.88. The Hall–Kier alpha value is -0.810. The summed E-state index contributed by atoms with van der Waals surface area (Å²) in [5.41, 5.74) is 1.01. The summed E-state index contributed by atoms with van der Waals surface area (Å²) in [7, 11) is 0. The van der Waals surface area contributed by atoms with Crippen LogP contribution in [0.25, 0.3) is 0 Å². The van der Waals surface area contributed by atoms with Gasteiger partial charge in [-0.2, -0.15) is 4.37 Å². The van der Waals surface area contributed by atoms with Gasteiger partial charge in [-0.1, -0.05) is 5.92 Å². The number of hydrogen-bond donors (Lipinski definition) is 0. The Labute approximate surface area is 52.5 Å². The van der Waals surface area contributed by atoms with Gasteiger partial charge in [-0.3, -0.25) is 0 Å². The van der Waals surface area contributed by atoms with Crippen LogP contribution in [0.3, 0.4) is 0 Å². The molecule has 0 N–H and O–H groups in total. The molecular formula is C6H5NS. The van der Waals surface area contributed by atoms with Crippen LogP contribution in [0.2, 0.25) is 0 Å². The molecule has 40 valence electrons. The summed E-state index contributed by atoms with van der Waals surface area (Å²) in [5.74, 6) is 5.67. The fourth-order valence-electron chi connectivity index (χ4n) is 0.411. The molecule has 0 saturated carbocycles. The molecule has 0 aromatic carbocycles. The van der Waals surface area contributed by atoms with E-state index in [1.807, 2.05) is 12.3 Å². The summed E-state index contributed by atoms with van der Waals surface area (Å²) in [6.07, 6.45) is 1.77. The highest BCUT2D eigenvalue weighted by molar-refractivity contribution is 7.03. The van der Waals surface area contributed by atoms with Crippen molar-refractivity contribution < 1.29 is 0 Å². The van der Waals surface area contributed by atoms with Crippen LogP contribution in [0.4, 0.5) is 0 Å². The van der Waals surface area contributed by atoms with Crippen molar-refractivity contribution in [2.24, 2.45) is 0 Å². The molecule has 1 aromatic heterocycles. The summed E-state index contributed by atoms with van der Waals surface area (Å²) in [6, 6.07) is 0. The van der Waals surface area contributed by atoms with Crippen molar-refractivity contribution in [3.63, 3.8) is 0 Å². The van der Waals surface area contributed by atoms with Crippen LogP contribution < -0.4 is 0 Å². The third kappa shape index (κ3) is 1.08. The molecule has 0 spiro atoms. The normalized spacial score (nSPS) is 7.62. The molecule has 0 bridgehead atoms. The van der Waals surface area contributed by atoms with Crippen molar-refractivity contribution in [2.45, 2.75) is 6.92 Å². The Morgan fingerprint density at radius 1 is 1.75 bits per heavy atom. The van der Waals surface area contributed by atoms with Gasteiger partial charge in [-0.05, 0) is 18.5 Å². The first-order valence-corrected chi connectivity index (χ1v) is 3.09. The smallest absolute Gasteiger partial charge is 0.0563 e. The molecule has 2 heteroatoms. The van der Waals surface area contributed by atoms with E-state index in [1.165, 1.54) is 11.5 Å². The molecule has 1 heterocycles. The molecule has 0 aliphatic carbocycles. The number of nitrogens with zero attached hydrogens (tertiary/aromatic N) is 1. The Bertz CT molecular complexity index is 202. The first kappa shape index (κ1) is 5.33. The maximum atomic E-state index is 3.88. The average molecular weight is 123 g/mol. The summed E-state index contributed by atoms with van der Waals surface area (Å²) in [6.45, 7) is 1.82. The zero-order chi connectivity index (χ0) is 5.82. The zero-order valence-electron chi connectivity index (χ0n) is 4.51. The van der Waals surface area contributed by atoms with Gasteiger partial charge in [0.2, 0.25) is 0 Å². The predicted molar refractivity (Wildman–Crippen MR) is 34.7 cm³/mol. The molecular weight excluding hydrogens is 118 g/mol. The lowest BCUT2D eigenvalue weighted by molar-refractivity contribution is 1.56. The number of aromatic nitrogens is 1. The Balaban J connectivity index is 2.88. The van der Waals surface area contributed by atoms with Gasteiger partial charge in [-0.25, -0.2) is 0 Å². The minimum absolute atomic E-state index is 1.01. The SMILES string of the molecule is CC#Cc1cnsc1. The molecule has 0 radical (unpaired) electrons. The van der Waals surface area contributed by atoms with Crippen molar-refractivity contribution in [1.82, 2.24) is 4.37 Å². The molecule has 0 amide bonds. The van der Waals surface area contributed by atoms with Crippen LogP contribution in [0, 0.1) is 11.8 Å². The van der Waals surface area contributed by atoms with Crippen LogP contribution in [-0.4, -0.2) is 4.37 Å². The molecule has 0 unspecified atom stereocenters. The molecule has 1 rings (SSSR count). The van der Waals surface area contributed by atoms with E-state index < -0.39 is 0 Å². The maximum Gasteiger partial charge on any atom is 0.0563 e. The van der Waals surface area contributed by atoms with Gasteiger partial charge in [0, 0.05) is 5.38 Å². The van der Waals surface area contributed by atoms with Crippen molar-refractivity contribution in [3.05, 3.63) is 17.1 Å². The van der Waals surface area contributed by atoms with Crippen LogP contribution >= 0.6 is 11.5 Å². The van der Waals surface area contributed by atoms with Crippen molar-refractivity contribution in [2.75, 3.05) is 0 Å². The van der Waals surface area contributed by atoms with Gasteiger partial charge in [0.05, 0.1) is 11.8 Å². The van der Waals surface area contributed by atoms with Gasteiger partial charge in [0.1, 0.15) is 0 Å². The monoisotopic (exact) mass is 123 g/mol. The van der Waals surface area contributed by atoms with Gasteiger partial charge in [0.25, 0.3) is 0 Å². The van der Waals surface area contributed by atoms with Gasteiger partial charge in [-0.15, -0.1) is 5.92 Å². The van der Waals surface area contributed by atoms with Gasteiger partial charge >= 0.3 is 0 Å². The second kappa shape index (κ2) is 2.49. The third-order valence-corrected chi connectivity index (χ3v) is 1.29. The highest BCUT2D eigenvalue weighted by Crippen LogP contribution is 1.97. The lowest BCUT2D eigenvalue weighted by Gasteiger charge is -1.67. The zero-order valence-corrected chi connectivity index (χ0v) is 5.33. The van der Waals surface area contributed by atoms with Gasteiger partial charge in [0.15, 0.2) is 0 Å². The van der Waals surface area contributed by atoms with Crippen LogP contribution in [0.15, 0.2) is 11.6 Å². The highest BCUT2D eigenvalue weighted by Gasteiger charge is 1.81. The fraction of sp³-hybridized carbons (Fsp3) is 0.167. The van der Waals surface area contributed by atoms with Crippen molar-refractivity contribution in [1.29, 1.82) is 0 Å². The standard InChI is InChI=1S/C6H5NS/c1-2-3-6-4-7-8-5-6/h4-5H,1H3. The van der Waals surface area contributed by atoms with E-state index in [0.29, 0.717) is 0 Å². The third-order valence-electron chi connectivity index (χ3n) is 0.702. The van der Waals surface area contributed by atoms with E-state index in [4.69, 9.17) is 0 Å². The molecule has 0 atom stereocenters. The van der Waals surface area contributed by atoms with Crippen LogP contribution in [-0.2, 0) is 0 Å². The van der Waals surface area contributed by atoms with E-state index in [2.05, 4.69) is 16.2 Å². The molecule has 0 fully saturated rings. The average Bonchev–Trinajstić information content (AvgIpc) is 2.19. The van der Waals surface area contributed by atoms with Crippen LogP contribution in [0.5, 0.6) is 0 Å². The Kier molecular flexibility index (Phi) is 1.66. The summed E-state index contributed by atoms with van der Waals surface area (Å²) < 4.78 is 3.88. The topological polar surface area (TPSA) is 12.9 Å². The fourth-order valence-corrected chi connectivity index (χ4v) is 0.880. The lowest BCUT2D eigenvalue weighted by atomic mass is 10.4. The second-order valence-corrected chi connectivity index (χ2v) is 1.95. The van der Waals surface area contributed by atoms with E-state index in [1.54, 1.807) is 6.20 Å². The molecule has 0 aliphatic heterocycles. The molecule has 1 nitrogen and oxygen atoms in total. The largest absolute Gasteiger partial charge is 0.200 e. The molecule has 0 saturated heterocycles. The lowest BCUT2D eigenvalue weighted by Crippen LogP contribution is -1.59. The molecule has 1 aromatic rings. The number of rotatable bonds is 0. The minimum Gasteiger partial charge on any atom is -0.200 e. The number of hydrogen-bond acceptors (Lipinski definition) is 2. The Morgan fingerprint density at radius 3 is 3.12 bits per heavy atom. The van der Waals surface area contributed by atoms with Crippen LogP contribution in [0.1, 0.15) is 12.5 Å². The Morgan fingerprint density at radius 2 is 2.62 bits per heavy atom. The second-order valence-electron chi connectivity index (χ2n) is 1.29. The predicted octanol–water partition coefficient (Wildman–Crippen LogP) is 1.51. The summed E-state index contributed by atoms with van der Waals surface area (Å²) >= 11 is 1.43. The van der Waals surface area contributed by atoms with E-state index in [-0.39, 0.29) is 0 Å². The summed E-state index contributed by atoms with van der Waals surface area (Å²) in [5, 5.41) is 1.93. The minimum atomic E-state index is 1.01. The quantitative estimate of drug-likeness (QED) is 0.476. The van der Waals surface area contributed by atoms with E-state index in [9.17, 15) is 0 Å². The van der Waals surface area contributed by atoms with Crippen molar-refractivity contribution in [3.8, 4) is 11.8 Å². The van der Waals surface area contributed by atoms with E-state index >= 15 is 0 Å². The summed E-state index contributed by atoms with van der Waals surface area (Å²) in [4.78, 5) is 0. The first-order chi connectivity index (χ1) is 3.93. The van der Waals surface area contributed by atoms with E-state index in [0.717, 1.165) is 5.56 Å². The highest BCUT2D eigenvalue weighted by atomic mass is 32.1. The first-order valence-electron chi connectivity index (χ1n) is 2.25. The molecule has 8 heavy (non-hydrogen) atoms. The van der Waals surface area contributed by atoms with Crippen molar-refractivity contribution >= 4 is 11.5 Å².